The summed E-state index contributed by atoms with van der Waals surface area (Å²) in [6.07, 6.45) is 2.31. The van der Waals surface area contributed by atoms with E-state index in [4.69, 9.17) is 5.73 Å². The molecule has 0 radical (unpaired) electrons. The number of benzene rings is 1. The predicted molar refractivity (Wildman–Crippen MR) is 85.1 cm³/mol. The first-order valence-electron chi connectivity index (χ1n) is 6.50. The number of nitrogens with zero attached hydrogens (tertiary/aromatic N) is 2. The zero-order valence-electron chi connectivity index (χ0n) is 11.6. The second kappa shape index (κ2) is 6.59. The van der Waals surface area contributed by atoms with E-state index in [1.54, 1.807) is 4.68 Å². The van der Waals surface area contributed by atoms with Crippen molar-refractivity contribution in [2.45, 2.75) is 31.3 Å². The SMILES string of the molecule is CCCn1cc(S(=O)(=O)NCc2ccccc2Br)c(N)n1. The Morgan fingerprint density at radius 1 is 1.38 bits per heavy atom. The molecule has 0 saturated carbocycles. The number of aromatic nitrogens is 2. The van der Waals surface area contributed by atoms with Gasteiger partial charge in [-0.15, -0.1) is 0 Å². The van der Waals surface area contributed by atoms with Gasteiger partial charge in [-0.2, -0.15) is 5.10 Å². The number of nitrogens with one attached hydrogen (secondary N) is 1. The monoisotopic (exact) mass is 372 g/mol. The molecule has 0 amide bonds. The highest BCUT2D eigenvalue weighted by atomic mass is 79.9. The zero-order valence-corrected chi connectivity index (χ0v) is 14.0. The van der Waals surface area contributed by atoms with Gasteiger partial charge in [0.15, 0.2) is 5.82 Å². The minimum atomic E-state index is -3.68. The molecule has 0 aliphatic heterocycles. The molecule has 0 fully saturated rings. The fraction of sp³-hybridized carbons (Fsp3) is 0.308. The molecule has 21 heavy (non-hydrogen) atoms. The standard InChI is InChI=1S/C13H17BrN4O2S/c1-2-7-18-9-12(13(15)17-18)21(19,20)16-8-10-5-3-4-6-11(10)14/h3-6,9,16H,2,7-8H2,1H3,(H2,15,17). The lowest BCUT2D eigenvalue weighted by molar-refractivity contribution is 0.579. The summed E-state index contributed by atoms with van der Waals surface area (Å²) in [5, 5.41) is 4.01. The van der Waals surface area contributed by atoms with Gasteiger partial charge in [0, 0.05) is 23.8 Å². The van der Waals surface area contributed by atoms with Crippen LogP contribution >= 0.6 is 15.9 Å². The third-order valence-corrected chi connectivity index (χ3v) is 5.10. The molecule has 8 heteroatoms. The zero-order chi connectivity index (χ0) is 15.5. The Morgan fingerprint density at radius 3 is 2.76 bits per heavy atom. The number of anilines is 1. The van der Waals surface area contributed by atoms with E-state index in [1.807, 2.05) is 31.2 Å². The van der Waals surface area contributed by atoms with E-state index in [0.29, 0.717) is 6.54 Å². The smallest absolute Gasteiger partial charge is 0.246 e. The first-order valence-corrected chi connectivity index (χ1v) is 8.77. The summed E-state index contributed by atoms with van der Waals surface area (Å²) >= 11 is 3.38. The molecule has 0 spiro atoms. The van der Waals surface area contributed by atoms with Gasteiger partial charge in [0.2, 0.25) is 10.0 Å². The van der Waals surface area contributed by atoms with Crippen LogP contribution in [0.2, 0.25) is 0 Å². The Morgan fingerprint density at radius 2 is 2.10 bits per heavy atom. The van der Waals surface area contributed by atoms with Gasteiger partial charge in [0.25, 0.3) is 0 Å². The third-order valence-electron chi connectivity index (χ3n) is 2.91. The number of nitrogens with two attached hydrogens (primary N) is 1. The lowest BCUT2D eigenvalue weighted by Gasteiger charge is -2.07. The Kier molecular flexibility index (Phi) is 5.02. The number of hydrogen-bond acceptors (Lipinski definition) is 4. The summed E-state index contributed by atoms with van der Waals surface area (Å²) in [5.74, 6) is 0.0167. The van der Waals surface area contributed by atoms with E-state index < -0.39 is 10.0 Å². The molecule has 0 aliphatic rings. The minimum Gasteiger partial charge on any atom is -0.381 e. The first-order chi connectivity index (χ1) is 9.94. The van der Waals surface area contributed by atoms with Gasteiger partial charge in [-0.1, -0.05) is 41.1 Å². The Hall–Kier alpha value is -1.38. The molecule has 2 rings (SSSR count). The highest BCUT2D eigenvalue weighted by Crippen LogP contribution is 2.19. The molecule has 0 aliphatic carbocycles. The van der Waals surface area contributed by atoms with Crippen molar-refractivity contribution >= 4 is 31.8 Å². The van der Waals surface area contributed by atoms with Gasteiger partial charge in [-0.3, -0.25) is 4.68 Å². The predicted octanol–water partition coefficient (Wildman–Crippen LogP) is 2.12. The van der Waals surface area contributed by atoms with Crippen LogP contribution in [-0.2, 0) is 23.1 Å². The molecule has 1 aromatic carbocycles. The lowest BCUT2D eigenvalue weighted by Crippen LogP contribution is -2.23. The summed E-state index contributed by atoms with van der Waals surface area (Å²) in [4.78, 5) is 0.0167. The van der Waals surface area contributed by atoms with Crippen molar-refractivity contribution in [3.63, 3.8) is 0 Å². The fourth-order valence-electron chi connectivity index (χ4n) is 1.86. The number of sulfonamides is 1. The van der Waals surface area contributed by atoms with E-state index in [2.05, 4.69) is 25.8 Å². The lowest BCUT2D eigenvalue weighted by atomic mass is 10.2. The van der Waals surface area contributed by atoms with Crippen LogP contribution in [0.4, 0.5) is 5.82 Å². The topological polar surface area (TPSA) is 90.0 Å². The number of nitrogen functional groups attached to an aromatic ring is 1. The van der Waals surface area contributed by atoms with Crippen LogP contribution in [0.25, 0.3) is 0 Å². The minimum absolute atomic E-state index is 0.0167. The Labute approximate surface area is 132 Å². The molecule has 1 heterocycles. The molecule has 114 valence electrons. The molecular weight excluding hydrogens is 356 g/mol. The average molecular weight is 373 g/mol. The van der Waals surface area contributed by atoms with Crippen LogP contribution < -0.4 is 10.5 Å². The second-order valence-electron chi connectivity index (χ2n) is 4.56. The summed E-state index contributed by atoms with van der Waals surface area (Å²) < 4.78 is 29.5. The van der Waals surface area contributed by atoms with Gasteiger partial charge < -0.3 is 5.73 Å². The highest BCUT2D eigenvalue weighted by Gasteiger charge is 2.21. The Bertz CT molecular complexity index is 728. The fourth-order valence-corrected chi connectivity index (χ4v) is 3.36. The van der Waals surface area contributed by atoms with Crippen molar-refractivity contribution in [2.24, 2.45) is 0 Å². The molecule has 1 aromatic heterocycles. The van der Waals surface area contributed by atoms with Gasteiger partial charge in [0.05, 0.1) is 0 Å². The number of halogens is 1. The molecule has 3 N–H and O–H groups in total. The van der Waals surface area contributed by atoms with Gasteiger partial charge >= 0.3 is 0 Å². The summed E-state index contributed by atoms with van der Waals surface area (Å²) in [7, 11) is -3.68. The van der Waals surface area contributed by atoms with Crippen molar-refractivity contribution in [1.29, 1.82) is 0 Å². The highest BCUT2D eigenvalue weighted by molar-refractivity contribution is 9.10. The summed E-state index contributed by atoms with van der Waals surface area (Å²) in [6.45, 7) is 2.79. The first kappa shape index (κ1) is 16.0. The van der Waals surface area contributed by atoms with Crippen LogP contribution in [0, 0.1) is 0 Å². The molecule has 0 bridgehead atoms. The quantitative estimate of drug-likeness (QED) is 0.812. The molecule has 6 nitrogen and oxygen atoms in total. The maximum Gasteiger partial charge on any atom is 0.246 e. The molecule has 0 atom stereocenters. The van der Waals surface area contributed by atoms with Gasteiger partial charge in [0.1, 0.15) is 4.90 Å². The Balaban J connectivity index is 2.17. The van der Waals surface area contributed by atoms with Crippen LogP contribution in [0.15, 0.2) is 39.8 Å². The van der Waals surface area contributed by atoms with Crippen LogP contribution in [0.5, 0.6) is 0 Å². The van der Waals surface area contributed by atoms with Gasteiger partial charge in [-0.25, -0.2) is 13.1 Å². The summed E-state index contributed by atoms with van der Waals surface area (Å²) in [6, 6.07) is 7.42. The molecule has 0 unspecified atom stereocenters. The second-order valence-corrected chi connectivity index (χ2v) is 7.15. The van der Waals surface area contributed by atoms with E-state index in [1.165, 1.54) is 6.20 Å². The number of aryl methyl sites for hydroxylation is 1. The van der Waals surface area contributed by atoms with Gasteiger partial charge in [-0.05, 0) is 18.1 Å². The van der Waals surface area contributed by atoms with Crippen molar-refractivity contribution in [3.8, 4) is 0 Å². The number of hydrogen-bond donors (Lipinski definition) is 2. The molecular formula is C13H17BrN4O2S. The van der Waals surface area contributed by atoms with Crippen molar-refractivity contribution in [3.05, 3.63) is 40.5 Å². The molecule has 2 aromatic rings. The number of rotatable bonds is 6. The van der Waals surface area contributed by atoms with Crippen LogP contribution in [0.1, 0.15) is 18.9 Å². The van der Waals surface area contributed by atoms with E-state index >= 15 is 0 Å². The van der Waals surface area contributed by atoms with Crippen molar-refractivity contribution in [2.75, 3.05) is 5.73 Å². The van der Waals surface area contributed by atoms with Crippen molar-refractivity contribution in [1.82, 2.24) is 14.5 Å². The summed E-state index contributed by atoms with van der Waals surface area (Å²) in [5.41, 5.74) is 6.54. The normalized spacial score (nSPS) is 11.7. The third kappa shape index (κ3) is 3.84. The van der Waals surface area contributed by atoms with E-state index in [-0.39, 0.29) is 17.3 Å². The van der Waals surface area contributed by atoms with Crippen molar-refractivity contribution < 1.29 is 8.42 Å². The maximum atomic E-state index is 12.3. The van der Waals surface area contributed by atoms with Crippen LogP contribution in [-0.4, -0.2) is 18.2 Å². The average Bonchev–Trinajstić information content (AvgIpc) is 2.80. The largest absolute Gasteiger partial charge is 0.381 e. The van der Waals surface area contributed by atoms with E-state index in [0.717, 1.165) is 16.5 Å². The van der Waals surface area contributed by atoms with Crippen LogP contribution in [0.3, 0.4) is 0 Å². The molecule has 0 saturated heterocycles. The maximum absolute atomic E-state index is 12.3. The van der Waals surface area contributed by atoms with E-state index in [9.17, 15) is 8.42 Å².